The molecule has 3 aromatic carbocycles. The molecule has 0 saturated carbocycles. The van der Waals surface area contributed by atoms with Gasteiger partial charge in [0.2, 0.25) is 5.91 Å². The minimum atomic E-state index is -0.397. The highest BCUT2D eigenvalue weighted by molar-refractivity contribution is 6.31. The van der Waals surface area contributed by atoms with Crippen molar-refractivity contribution in [2.45, 2.75) is 5.92 Å². The van der Waals surface area contributed by atoms with E-state index in [-0.39, 0.29) is 5.91 Å². The topological polar surface area (TPSA) is 35.6 Å². The monoisotopic (exact) mass is 419 g/mol. The van der Waals surface area contributed by atoms with Gasteiger partial charge in [-0.2, -0.15) is 0 Å². The van der Waals surface area contributed by atoms with Crippen molar-refractivity contribution in [3.8, 4) is 0 Å². The van der Waals surface area contributed by atoms with Gasteiger partial charge in [0.25, 0.3) is 0 Å². The van der Waals surface area contributed by atoms with Crippen LogP contribution in [0.5, 0.6) is 0 Å². The van der Waals surface area contributed by atoms with E-state index in [9.17, 15) is 4.79 Å². The number of carbonyl (C=O) groups excluding carboxylic acids is 1. The number of hydrogen-bond donors (Lipinski definition) is 1. The Balaban J connectivity index is 1.65. The lowest BCUT2D eigenvalue weighted by molar-refractivity contribution is -0.116. The summed E-state index contributed by atoms with van der Waals surface area (Å²) in [4.78, 5) is 18.2. The largest absolute Gasteiger partial charge is 0.367 e. The maximum atomic E-state index is 13.5. The molecule has 5 heteroatoms. The summed E-state index contributed by atoms with van der Waals surface area (Å²) >= 11 is 6.30. The minimum Gasteiger partial charge on any atom is -0.367 e. The molecule has 0 aromatic heterocycles. The Morgan fingerprint density at radius 1 is 0.867 bits per heavy atom. The molecule has 1 N–H and O–H groups in total. The average molecular weight is 420 g/mol. The van der Waals surface area contributed by atoms with Crippen LogP contribution in [0.15, 0.2) is 78.9 Å². The number of hydrogen-bond acceptors (Lipinski definition) is 3. The highest BCUT2D eigenvalue weighted by atomic mass is 35.5. The molecule has 0 unspecified atom stereocenters. The number of amides is 1. The zero-order valence-electron chi connectivity index (χ0n) is 17.1. The van der Waals surface area contributed by atoms with Crippen molar-refractivity contribution in [3.63, 3.8) is 0 Å². The van der Waals surface area contributed by atoms with Crippen molar-refractivity contribution in [3.05, 3.63) is 95.0 Å². The molecule has 3 aromatic rings. The van der Waals surface area contributed by atoms with Crippen LogP contribution in [0.2, 0.25) is 5.02 Å². The average Bonchev–Trinajstić information content (AvgIpc) is 2.76. The first kappa shape index (κ1) is 20.5. The first-order chi connectivity index (χ1) is 14.6. The van der Waals surface area contributed by atoms with Gasteiger partial charge in [0.15, 0.2) is 0 Å². The molecular weight excluding hydrogens is 394 g/mol. The Morgan fingerprint density at radius 2 is 1.43 bits per heavy atom. The fourth-order valence-electron chi connectivity index (χ4n) is 3.92. The van der Waals surface area contributed by atoms with Gasteiger partial charge in [0.05, 0.1) is 17.3 Å². The van der Waals surface area contributed by atoms with Crippen molar-refractivity contribution in [1.82, 2.24) is 4.90 Å². The Labute approximate surface area is 183 Å². The Morgan fingerprint density at radius 3 is 2.00 bits per heavy atom. The van der Waals surface area contributed by atoms with E-state index < -0.39 is 5.92 Å². The van der Waals surface area contributed by atoms with Crippen molar-refractivity contribution in [2.24, 2.45) is 0 Å². The van der Waals surface area contributed by atoms with Crippen molar-refractivity contribution >= 4 is 28.9 Å². The second kappa shape index (κ2) is 9.33. The number of anilines is 2. The molecule has 1 fully saturated rings. The zero-order valence-corrected chi connectivity index (χ0v) is 17.8. The van der Waals surface area contributed by atoms with E-state index in [0.717, 1.165) is 48.7 Å². The third-order valence-electron chi connectivity index (χ3n) is 5.59. The van der Waals surface area contributed by atoms with E-state index in [4.69, 9.17) is 11.6 Å². The van der Waals surface area contributed by atoms with Gasteiger partial charge in [0.1, 0.15) is 0 Å². The maximum absolute atomic E-state index is 13.5. The number of piperazine rings is 1. The van der Waals surface area contributed by atoms with E-state index in [0.29, 0.717) is 5.02 Å². The quantitative estimate of drug-likeness (QED) is 0.641. The van der Waals surface area contributed by atoms with Gasteiger partial charge in [-0.25, -0.2) is 0 Å². The van der Waals surface area contributed by atoms with Crippen molar-refractivity contribution < 1.29 is 4.79 Å². The summed E-state index contributed by atoms with van der Waals surface area (Å²) in [5.41, 5.74) is 3.70. The van der Waals surface area contributed by atoms with Crippen LogP contribution in [0.1, 0.15) is 17.0 Å². The van der Waals surface area contributed by atoms with E-state index in [2.05, 4.69) is 22.2 Å². The highest BCUT2D eigenvalue weighted by Crippen LogP contribution is 2.32. The predicted molar refractivity (Wildman–Crippen MR) is 125 cm³/mol. The summed E-state index contributed by atoms with van der Waals surface area (Å²) in [7, 11) is 2.13. The fraction of sp³-hybridized carbons (Fsp3) is 0.240. The lowest BCUT2D eigenvalue weighted by atomic mass is 9.90. The number of nitrogens with zero attached hydrogens (tertiary/aromatic N) is 2. The molecule has 0 radical (unpaired) electrons. The Kier molecular flexibility index (Phi) is 6.36. The van der Waals surface area contributed by atoms with Crippen LogP contribution >= 0.6 is 11.6 Å². The number of carbonyl (C=O) groups is 1. The summed E-state index contributed by atoms with van der Waals surface area (Å²) < 4.78 is 0. The molecule has 1 saturated heterocycles. The SMILES string of the molecule is CN1CCN(c2ccc(Cl)cc2NC(=O)C(c2ccccc2)c2ccccc2)CC1. The van der Waals surface area contributed by atoms with Gasteiger partial charge in [-0.05, 0) is 36.4 Å². The van der Waals surface area contributed by atoms with Crippen LogP contribution in [0.25, 0.3) is 0 Å². The molecule has 1 aliphatic rings. The first-order valence-corrected chi connectivity index (χ1v) is 10.6. The van der Waals surface area contributed by atoms with Crippen LogP contribution in [0.4, 0.5) is 11.4 Å². The zero-order chi connectivity index (χ0) is 20.9. The lowest BCUT2D eigenvalue weighted by Gasteiger charge is -2.35. The van der Waals surface area contributed by atoms with Gasteiger partial charge in [-0.1, -0.05) is 72.3 Å². The van der Waals surface area contributed by atoms with E-state index >= 15 is 0 Å². The lowest BCUT2D eigenvalue weighted by Crippen LogP contribution is -2.44. The molecule has 0 spiro atoms. The van der Waals surface area contributed by atoms with E-state index in [1.54, 1.807) is 0 Å². The smallest absolute Gasteiger partial charge is 0.236 e. The van der Waals surface area contributed by atoms with Crippen LogP contribution < -0.4 is 10.2 Å². The summed E-state index contributed by atoms with van der Waals surface area (Å²) in [5, 5.41) is 3.79. The number of likely N-dealkylation sites (N-methyl/N-ethyl adjacent to an activating group) is 1. The molecule has 1 heterocycles. The molecule has 0 atom stereocenters. The number of benzene rings is 3. The number of nitrogens with one attached hydrogen (secondary N) is 1. The fourth-order valence-corrected chi connectivity index (χ4v) is 4.09. The van der Waals surface area contributed by atoms with Gasteiger partial charge in [0, 0.05) is 31.2 Å². The molecule has 1 amide bonds. The second-order valence-electron chi connectivity index (χ2n) is 7.70. The number of rotatable bonds is 5. The highest BCUT2D eigenvalue weighted by Gasteiger charge is 2.25. The Bertz CT molecular complexity index is 946. The summed E-state index contributed by atoms with van der Waals surface area (Å²) in [6.45, 7) is 3.82. The van der Waals surface area contributed by atoms with Crippen LogP contribution in [-0.2, 0) is 4.79 Å². The predicted octanol–water partition coefficient (Wildman–Crippen LogP) is 4.86. The minimum absolute atomic E-state index is 0.0648. The maximum Gasteiger partial charge on any atom is 0.236 e. The molecule has 0 aliphatic carbocycles. The summed E-state index contributed by atoms with van der Waals surface area (Å²) in [5.74, 6) is -0.461. The van der Waals surface area contributed by atoms with Gasteiger partial charge in [-0.3, -0.25) is 4.79 Å². The van der Waals surface area contributed by atoms with Crippen molar-refractivity contribution in [2.75, 3.05) is 43.4 Å². The van der Waals surface area contributed by atoms with E-state index in [1.807, 2.05) is 78.9 Å². The molecular formula is C25H26ClN3O. The normalized spacial score (nSPS) is 14.7. The molecule has 4 rings (SSSR count). The third kappa shape index (κ3) is 4.66. The van der Waals surface area contributed by atoms with Gasteiger partial charge >= 0.3 is 0 Å². The van der Waals surface area contributed by atoms with Crippen LogP contribution in [0.3, 0.4) is 0 Å². The molecule has 1 aliphatic heterocycles. The second-order valence-corrected chi connectivity index (χ2v) is 8.13. The van der Waals surface area contributed by atoms with Crippen LogP contribution in [-0.4, -0.2) is 44.0 Å². The molecule has 0 bridgehead atoms. The summed E-state index contributed by atoms with van der Waals surface area (Å²) in [6.07, 6.45) is 0. The van der Waals surface area contributed by atoms with Gasteiger partial charge in [-0.15, -0.1) is 0 Å². The third-order valence-corrected chi connectivity index (χ3v) is 5.82. The molecule has 4 nitrogen and oxygen atoms in total. The van der Waals surface area contributed by atoms with Crippen LogP contribution in [0, 0.1) is 0 Å². The standard InChI is InChI=1S/C25H26ClN3O/c1-28-14-16-29(17-15-28)23-13-12-21(26)18-22(23)27-25(30)24(19-8-4-2-5-9-19)20-10-6-3-7-11-20/h2-13,18,24H,14-17H2,1H3,(H,27,30). The molecule has 154 valence electrons. The van der Waals surface area contributed by atoms with Crippen molar-refractivity contribution in [1.29, 1.82) is 0 Å². The summed E-state index contributed by atoms with van der Waals surface area (Å²) in [6, 6.07) is 25.5. The number of halogens is 1. The first-order valence-electron chi connectivity index (χ1n) is 10.3. The Hall–Kier alpha value is -2.82. The van der Waals surface area contributed by atoms with E-state index in [1.165, 1.54) is 0 Å². The van der Waals surface area contributed by atoms with Gasteiger partial charge < -0.3 is 15.1 Å². The molecule has 30 heavy (non-hydrogen) atoms.